The number of nitrogens with zero attached hydrogens (tertiary/aromatic N) is 2. The van der Waals surface area contributed by atoms with Crippen LogP contribution in [0.1, 0.15) is 13.8 Å². The first-order valence-corrected chi connectivity index (χ1v) is 3.83. The number of hydrogen-bond acceptors (Lipinski definition) is 2. The normalized spacial score (nSPS) is 12.0. The van der Waals surface area contributed by atoms with Gasteiger partial charge in [0.15, 0.2) is 0 Å². The minimum absolute atomic E-state index is 0.268. The number of nitrogens with two attached hydrogens (primary N) is 1. The van der Waals surface area contributed by atoms with Crippen molar-refractivity contribution in [2.75, 3.05) is 0 Å². The van der Waals surface area contributed by atoms with Crippen LogP contribution in [0, 0.1) is 0 Å². The van der Waals surface area contributed by atoms with Gasteiger partial charge < -0.3 is 5.73 Å². The Morgan fingerprint density at radius 3 is 2.73 bits per heavy atom. The first kappa shape index (κ1) is 8.56. The molecule has 2 N–H and O–H groups in total. The number of rotatable bonds is 2. The zero-order valence-electron chi connectivity index (χ0n) is 6.71. The molecule has 4 heteroatoms. The molecule has 0 spiro atoms. The summed E-state index contributed by atoms with van der Waals surface area (Å²) in [6, 6.07) is 1.74. The summed E-state index contributed by atoms with van der Waals surface area (Å²) in [6.45, 7) is 4.51. The summed E-state index contributed by atoms with van der Waals surface area (Å²) in [6.07, 6.45) is 1.66. The second-order valence-electron chi connectivity index (χ2n) is 3.30. The van der Waals surface area contributed by atoms with Crippen molar-refractivity contribution < 1.29 is 0 Å². The number of aromatic nitrogens is 2. The van der Waals surface area contributed by atoms with Gasteiger partial charge in [-0.15, -0.1) is 0 Å². The van der Waals surface area contributed by atoms with Gasteiger partial charge in [-0.05, 0) is 19.9 Å². The molecule has 11 heavy (non-hydrogen) atoms. The van der Waals surface area contributed by atoms with E-state index >= 15 is 0 Å². The lowest BCUT2D eigenvalue weighted by atomic mass is 10.1. The van der Waals surface area contributed by atoms with Crippen molar-refractivity contribution in [3.8, 4) is 0 Å². The Morgan fingerprint density at radius 1 is 1.73 bits per heavy atom. The Balaban J connectivity index is 2.72. The molecule has 0 atom stereocenters. The van der Waals surface area contributed by atoms with Crippen LogP contribution in [0.15, 0.2) is 12.3 Å². The molecule has 0 amide bonds. The van der Waals surface area contributed by atoms with Crippen molar-refractivity contribution in [1.29, 1.82) is 0 Å². The van der Waals surface area contributed by atoms with Crippen molar-refractivity contribution in [2.24, 2.45) is 5.73 Å². The van der Waals surface area contributed by atoms with Gasteiger partial charge in [0, 0.05) is 5.54 Å². The molecule has 1 aromatic heterocycles. The molecule has 62 valence electrons. The van der Waals surface area contributed by atoms with Crippen molar-refractivity contribution in [2.45, 2.75) is 25.9 Å². The smallest absolute Gasteiger partial charge is 0.127 e. The molecular weight excluding hydrogens is 162 g/mol. The fraction of sp³-hybridized carbons (Fsp3) is 0.571. The zero-order valence-corrected chi connectivity index (χ0v) is 7.47. The summed E-state index contributed by atoms with van der Waals surface area (Å²) in [7, 11) is 0. The van der Waals surface area contributed by atoms with Crippen LogP contribution in [0.2, 0.25) is 5.15 Å². The lowest BCUT2D eigenvalue weighted by Gasteiger charge is -2.18. The Bertz CT molecular complexity index is 236. The molecule has 0 saturated heterocycles. The van der Waals surface area contributed by atoms with Gasteiger partial charge in [0.2, 0.25) is 0 Å². The molecule has 0 radical (unpaired) electrons. The second-order valence-corrected chi connectivity index (χ2v) is 3.69. The molecule has 0 bridgehead atoms. The average molecular weight is 174 g/mol. The van der Waals surface area contributed by atoms with E-state index in [4.69, 9.17) is 17.3 Å². The van der Waals surface area contributed by atoms with Gasteiger partial charge >= 0.3 is 0 Å². The largest absolute Gasteiger partial charge is 0.324 e. The van der Waals surface area contributed by atoms with Crippen molar-refractivity contribution in [1.82, 2.24) is 9.78 Å². The third kappa shape index (κ3) is 2.52. The fourth-order valence-electron chi connectivity index (χ4n) is 0.819. The summed E-state index contributed by atoms with van der Waals surface area (Å²) >= 11 is 5.79. The van der Waals surface area contributed by atoms with E-state index in [0.29, 0.717) is 11.7 Å². The number of halogens is 1. The summed E-state index contributed by atoms with van der Waals surface area (Å²) in [5.74, 6) is 0. The van der Waals surface area contributed by atoms with Crippen LogP contribution >= 0.6 is 11.6 Å². The SMILES string of the molecule is CC(C)(N)Cn1nccc1Cl. The first-order valence-electron chi connectivity index (χ1n) is 3.45. The maximum absolute atomic E-state index is 5.79. The summed E-state index contributed by atoms with van der Waals surface area (Å²) < 4.78 is 1.68. The molecular formula is C7H12ClN3. The molecule has 3 nitrogen and oxygen atoms in total. The van der Waals surface area contributed by atoms with Gasteiger partial charge in [-0.3, -0.25) is 4.68 Å². The van der Waals surface area contributed by atoms with Crippen LogP contribution in [-0.4, -0.2) is 15.3 Å². The van der Waals surface area contributed by atoms with E-state index in [9.17, 15) is 0 Å². The predicted molar refractivity (Wildman–Crippen MR) is 45.5 cm³/mol. The predicted octanol–water partition coefficient (Wildman–Crippen LogP) is 1.27. The first-order chi connectivity index (χ1) is 4.99. The second kappa shape index (κ2) is 2.83. The zero-order chi connectivity index (χ0) is 8.48. The quantitative estimate of drug-likeness (QED) is 0.732. The van der Waals surface area contributed by atoms with E-state index in [1.165, 1.54) is 0 Å². The standard InChI is InChI=1S/C7H12ClN3/c1-7(2,9)5-11-6(8)3-4-10-11/h3-4H,5,9H2,1-2H3. The van der Waals surface area contributed by atoms with Crippen LogP contribution in [0.5, 0.6) is 0 Å². The Labute approximate surface area is 71.1 Å². The van der Waals surface area contributed by atoms with Crippen LogP contribution in [0.3, 0.4) is 0 Å². The lowest BCUT2D eigenvalue weighted by Crippen LogP contribution is -2.37. The third-order valence-corrected chi connectivity index (χ3v) is 1.54. The van der Waals surface area contributed by atoms with Gasteiger partial charge in [0.05, 0.1) is 12.7 Å². The van der Waals surface area contributed by atoms with E-state index in [2.05, 4.69) is 5.10 Å². The topological polar surface area (TPSA) is 43.8 Å². The van der Waals surface area contributed by atoms with Gasteiger partial charge in [-0.25, -0.2) is 0 Å². The fourth-order valence-corrected chi connectivity index (χ4v) is 0.979. The van der Waals surface area contributed by atoms with Gasteiger partial charge in [0.25, 0.3) is 0 Å². The molecule has 0 saturated carbocycles. The molecule has 0 unspecified atom stereocenters. The van der Waals surface area contributed by atoms with Gasteiger partial charge in [-0.1, -0.05) is 11.6 Å². The maximum Gasteiger partial charge on any atom is 0.127 e. The third-order valence-electron chi connectivity index (χ3n) is 1.22. The van der Waals surface area contributed by atoms with Crippen LogP contribution < -0.4 is 5.73 Å². The van der Waals surface area contributed by atoms with E-state index in [-0.39, 0.29) is 5.54 Å². The summed E-state index contributed by atoms with van der Waals surface area (Å²) in [5, 5.41) is 4.63. The van der Waals surface area contributed by atoms with E-state index < -0.39 is 0 Å². The minimum atomic E-state index is -0.268. The van der Waals surface area contributed by atoms with Gasteiger partial charge in [0.1, 0.15) is 5.15 Å². The van der Waals surface area contributed by atoms with E-state index in [1.54, 1.807) is 16.9 Å². The van der Waals surface area contributed by atoms with Crippen molar-refractivity contribution in [3.05, 3.63) is 17.4 Å². The lowest BCUT2D eigenvalue weighted by molar-refractivity contribution is 0.409. The van der Waals surface area contributed by atoms with Crippen molar-refractivity contribution in [3.63, 3.8) is 0 Å². The molecule has 0 fully saturated rings. The average Bonchev–Trinajstić information content (AvgIpc) is 2.12. The van der Waals surface area contributed by atoms with E-state index in [1.807, 2.05) is 13.8 Å². The summed E-state index contributed by atoms with van der Waals surface area (Å²) in [4.78, 5) is 0. The highest BCUT2D eigenvalue weighted by Crippen LogP contribution is 2.09. The maximum atomic E-state index is 5.79. The molecule has 1 heterocycles. The Kier molecular flexibility index (Phi) is 2.20. The molecule has 0 aromatic carbocycles. The van der Waals surface area contributed by atoms with Gasteiger partial charge in [-0.2, -0.15) is 5.10 Å². The molecule has 1 aromatic rings. The van der Waals surface area contributed by atoms with Crippen LogP contribution in [0.4, 0.5) is 0 Å². The highest BCUT2D eigenvalue weighted by molar-refractivity contribution is 6.29. The molecule has 0 aliphatic rings. The van der Waals surface area contributed by atoms with Crippen LogP contribution in [-0.2, 0) is 6.54 Å². The minimum Gasteiger partial charge on any atom is -0.324 e. The van der Waals surface area contributed by atoms with Crippen molar-refractivity contribution >= 4 is 11.6 Å². The Morgan fingerprint density at radius 2 is 2.36 bits per heavy atom. The summed E-state index contributed by atoms with van der Waals surface area (Å²) in [5.41, 5.74) is 5.51. The highest BCUT2D eigenvalue weighted by atomic mass is 35.5. The monoisotopic (exact) mass is 173 g/mol. The van der Waals surface area contributed by atoms with Crippen LogP contribution in [0.25, 0.3) is 0 Å². The molecule has 1 rings (SSSR count). The highest BCUT2D eigenvalue weighted by Gasteiger charge is 2.12. The molecule has 0 aliphatic heterocycles. The number of hydrogen-bond donors (Lipinski definition) is 1. The Hall–Kier alpha value is -0.540. The van der Waals surface area contributed by atoms with E-state index in [0.717, 1.165) is 0 Å². The molecule has 0 aliphatic carbocycles.